The number of hydrogen-bond donors (Lipinski definition) is 1. The minimum Gasteiger partial charge on any atom is -0.457 e. The summed E-state index contributed by atoms with van der Waals surface area (Å²) in [5.41, 5.74) is 4.78. The van der Waals surface area contributed by atoms with E-state index in [4.69, 9.17) is 4.74 Å². The predicted octanol–water partition coefficient (Wildman–Crippen LogP) is 4.79. The Balaban J connectivity index is 1.61. The Morgan fingerprint density at radius 1 is 1.00 bits per heavy atom. The van der Waals surface area contributed by atoms with Crippen molar-refractivity contribution in [1.82, 2.24) is 9.78 Å². The van der Waals surface area contributed by atoms with Crippen LogP contribution < -0.4 is 10.1 Å². The molecule has 1 amide bonds. The van der Waals surface area contributed by atoms with Crippen LogP contribution >= 0.6 is 0 Å². The van der Waals surface area contributed by atoms with Crippen LogP contribution in [0.4, 0.5) is 5.69 Å². The molecule has 3 rings (SSSR count). The molecule has 27 heavy (non-hydrogen) atoms. The molecule has 5 nitrogen and oxygen atoms in total. The first kappa shape index (κ1) is 18.5. The lowest BCUT2D eigenvalue weighted by molar-refractivity contribution is -0.111. The summed E-state index contributed by atoms with van der Waals surface area (Å²) < 4.78 is 7.60. The van der Waals surface area contributed by atoms with Crippen LogP contribution in [0, 0.1) is 20.8 Å². The number of carbonyl (C=O) groups is 1. The lowest BCUT2D eigenvalue weighted by Gasteiger charge is -2.07. The van der Waals surface area contributed by atoms with Gasteiger partial charge in [0, 0.05) is 30.1 Å². The summed E-state index contributed by atoms with van der Waals surface area (Å²) in [5, 5.41) is 7.19. The van der Waals surface area contributed by atoms with Gasteiger partial charge in [-0.3, -0.25) is 9.48 Å². The van der Waals surface area contributed by atoms with Crippen molar-refractivity contribution in [2.45, 2.75) is 20.8 Å². The van der Waals surface area contributed by atoms with Gasteiger partial charge in [-0.2, -0.15) is 5.10 Å². The number of benzene rings is 2. The minimum absolute atomic E-state index is 0.190. The molecule has 0 aliphatic rings. The summed E-state index contributed by atoms with van der Waals surface area (Å²) >= 11 is 0. The molecule has 2 aromatic carbocycles. The van der Waals surface area contributed by atoms with Gasteiger partial charge >= 0.3 is 0 Å². The Bertz CT molecular complexity index is 968. The minimum atomic E-state index is -0.190. The summed E-state index contributed by atoms with van der Waals surface area (Å²) in [6.07, 6.45) is 3.32. The topological polar surface area (TPSA) is 56.1 Å². The molecular formula is C22H23N3O2. The van der Waals surface area contributed by atoms with Crippen molar-refractivity contribution in [1.29, 1.82) is 0 Å². The van der Waals surface area contributed by atoms with Crippen LogP contribution in [0.1, 0.15) is 22.5 Å². The molecule has 0 radical (unpaired) electrons. The zero-order valence-electron chi connectivity index (χ0n) is 16.0. The molecule has 1 N–H and O–H groups in total. The molecule has 0 atom stereocenters. The summed E-state index contributed by atoms with van der Waals surface area (Å²) in [5.74, 6) is 1.31. The van der Waals surface area contributed by atoms with E-state index < -0.39 is 0 Å². The summed E-state index contributed by atoms with van der Waals surface area (Å²) in [6.45, 7) is 5.94. The molecular weight excluding hydrogens is 338 g/mol. The number of carbonyl (C=O) groups excluding carboxylic acids is 1. The Morgan fingerprint density at radius 3 is 2.15 bits per heavy atom. The molecule has 1 heterocycles. The second kappa shape index (κ2) is 7.91. The highest BCUT2D eigenvalue weighted by atomic mass is 16.5. The molecule has 0 bridgehead atoms. The van der Waals surface area contributed by atoms with Crippen molar-refractivity contribution >= 4 is 17.7 Å². The Hall–Kier alpha value is -3.34. The standard InChI is InChI=1S/C22H23N3O2/c1-15-5-9-19(10-6-15)27-20-11-7-18(8-12-20)23-22(26)14-13-21-16(2)24-25(4)17(21)3/h5-14H,1-4H3,(H,23,26)/b14-13+. The molecule has 0 saturated carbocycles. The van der Waals surface area contributed by atoms with Crippen LogP contribution in [0.2, 0.25) is 0 Å². The van der Waals surface area contributed by atoms with Gasteiger partial charge in [-0.1, -0.05) is 17.7 Å². The summed E-state index contributed by atoms with van der Waals surface area (Å²) in [7, 11) is 1.89. The maximum absolute atomic E-state index is 12.2. The van der Waals surface area contributed by atoms with Gasteiger partial charge in [-0.15, -0.1) is 0 Å². The lowest BCUT2D eigenvalue weighted by atomic mass is 10.2. The Morgan fingerprint density at radius 2 is 1.59 bits per heavy atom. The van der Waals surface area contributed by atoms with Crippen molar-refractivity contribution in [2.75, 3.05) is 5.32 Å². The Labute approximate surface area is 159 Å². The van der Waals surface area contributed by atoms with E-state index in [-0.39, 0.29) is 5.91 Å². The fourth-order valence-corrected chi connectivity index (χ4v) is 2.72. The quantitative estimate of drug-likeness (QED) is 0.665. The number of rotatable bonds is 5. The zero-order valence-corrected chi connectivity index (χ0v) is 16.0. The molecule has 0 fully saturated rings. The third kappa shape index (κ3) is 4.64. The van der Waals surface area contributed by atoms with E-state index in [1.807, 2.05) is 76.3 Å². The van der Waals surface area contributed by atoms with Gasteiger partial charge in [0.25, 0.3) is 0 Å². The van der Waals surface area contributed by atoms with Crippen LogP contribution in [0.3, 0.4) is 0 Å². The third-order valence-electron chi connectivity index (χ3n) is 4.34. The first-order valence-electron chi connectivity index (χ1n) is 8.76. The normalized spacial score (nSPS) is 11.0. The van der Waals surface area contributed by atoms with E-state index in [9.17, 15) is 4.79 Å². The number of hydrogen-bond acceptors (Lipinski definition) is 3. The van der Waals surface area contributed by atoms with Crippen LogP contribution in [0.15, 0.2) is 54.6 Å². The third-order valence-corrected chi connectivity index (χ3v) is 4.34. The van der Waals surface area contributed by atoms with E-state index in [0.717, 1.165) is 22.7 Å². The van der Waals surface area contributed by atoms with Crippen molar-refractivity contribution in [3.05, 3.63) is 77.1 Å². The average molecular weight is 361 g/mol. The maximum atomic E-state index is 12.2. The van der Waals surface area contributed by atoms with Gasteiger partial charge in [0.15, 0.2) is 0 Å². The number of ether oxygens (including phenoxy) is 1. The van der Waals surface area contributed by atoms with E-state index >= 15 is 0 Å². The van der Waals surface area contributed by atoms with Crippen molar-refractivity contribution in [2.24, 2.45) is 7.05 Å². The highest BCUT2D eigenvalue weighted by Gasteiger charge is 2.07. The van der Waals surface area contributed by atoms with Crippen molar-refractivity contribution < 1.29 is 9.53 Å². The van der Waals surface area contributed by atoms with Gasteiger partial charge in [-0.05, 0) is 63.2 Å². The van der Waals surface area contributed by atoms with Crippen LogP contribution in [-0.4, -0.2) is 15.7 Å². The fraction of sp³-hybridized carbons (Fsp3) is 0.182. The van der Waals surface area contributed by atoms with Gasteiger partial charge in [-0.25, -0.2) is 0 Å². The Kier molecular flexibility index (Phi) is 5.41. The summed E-state index contributed by atoms with van der Waals surface area (Å²) in [4.78, 5) is 12.2. The number of aryl methyl sites for hydroxylation is 3. The molecule has 1 aromatic heterocycles. The van der Waals surface area contributed by atoms with Crippen LogP contribution in [0.5, 0.6) is 11.5 Å². The highest BCUT2D eigenvalue weighted by molar-refractivity contribution is 6.02. The first-order valence-corrected chi connectivity index (χ1v) is 8.76. The predicted molar refractivity (Wildman–Crippen MR) is 108 cm³/mol. The molecule has 0 unspecified atom stereocenters. The number of aromatic nitrogens is 2. The highest BCUT2D eigenvalue weighted by Crippen LogP contribution is 2.23. The zero-order chi connectivity index (χ0) is 19.4. The van der Waals surface area contributed by atoms with E-state index in [2.05, 4.69) is 10.4 Å². The molecule has 0 aliphatic carbocycles. The SMILES string of the molecule is Cc1ccc(Oc2ccc(NC(=O)/C=C/c3c(C)nn(C)c3C)cc2)cc1. The van der Waals surface area contributed by atoms with E-state index in [1.165, 1.54) is 11.6 Å². The summed E-state index contributed by atoms with van der Waals surface area (Å²) in [6, 6.07) is 15.1. The molecule has 0 saturated heterocycles. The molecule has 5 heteroatoms. The fourth-order valence-electron chi connectivity index (χ4n) is 2.72. The number of nitrogens with zero attached hydrogens (tertiary/aromatic N) is 2. The number of amides is 1. The van der Waals surface area contributed by atoms with Gasteiger partial charge in [0.05, 0.1) is 5.69 Å². The molecule has 138 valence electrons. The number of anilines is 1. The van der Waals surface area contributed by atoms with Crippen LogP contribution in [-0.2, 0) is 11.8 Å². The van der Waals surface area contributed by atoms with Gasteiger partial charge < -0.3 is 10.1 Å². The second-order valence-corrected chi connectivity index (χ2v) is 6.47. The van der Waals surface area contributed by atoms with Crippen LogP contribution in [0.25, 0.3) is 6.08 Å². The molecule has 3 aromatic rings. The first-order chi connectivity index (χ1) is 12.9. The van der Waals surface area contributed by atoms with Gasteiger partial charge in [0.1, 0.15) is 11.5 Å². The van der Waals surface area contributed by atoms with Gasteiger partial charge in [0.2, 0.25) is 5.91 Å². The largest absolute Gasteiger partial charge is 0.457 e. The number of nitrogens with one attached hydrogen (secondary N) is 1. The average Bonchev–Trinajstić information content (AvgIpc) is 2.89. The van der Waals surface area contributed by atoms with Crippen molar-refractivity contribution in [3.63, 3.8) is 0 Å². The smallest absolute Gasteiger partial charge is 0.248 e. The maximum Gasteiger partial charge on any atom is 0.248 e. The van der Waals surface area contributed by atoms with Crippen molar-refractivity contribution in [3.8, 4) is 11.5 Å². The molecule has 0 aliphatic heterocycles. The van der Waals surface area contributed by atoms with E-state index in [0.29, 0.717) is 11.4 Å². The molecule has 0 spiro atoms. The lowest BCUT2D eigenvalue weighted by Crippen LogP contribution is -2.07. The van der Waals surface area contributed by atoms with E-state index in [1.54, 1.807) is 10.8 Å². The monoisotopic (exact) mass is 361 g/mol. The second-order valence-electron chi connectivity index (χ2n) is 6.47.